The van der Waals surface area contributed by atoms with E-state index in [0.29, 0.717) is 23.1 Å². The summed E-state index contributed by atoms with van der Waals surface area (Å²) in [6.45, 7) is 0.457. The highest BCUT2D eigenvalue weighted by molar-refractivity contribution is 6.31. The van der Waals surface area contributed by atoms with Gasteiger partial charge in [0.2, 0.25) is 0 Å². The molecule has 1 amide bonds. The first-order chi connectivity index (χ1) is 9.08. The third-order valence-electron chi connectivity index (χ3n) is 2.58. The van der Waals surface area contributed by atoms with Crippen molar-refractivity contribution in [2.24, 2.45) is 5.73 Å². The number of anilines is 2. The molecule has 0 fully saturated rings. The van der Waals surface area contributed by atoms with Gasteiger partial charge < -0.3 is 16.8 Å². The highest BCUT2D eigenvalue weighted by Crippen LogP contribution is 2.19. The summed E-state index contributed by atoms with van der Waals surface area (Å²) < 4.78 is 0. The molecule has 0 spiro atoms. The first-order valence-electron chi connectivity index (χ1n) is 5.61. The van der Waals surface area contributed by atoms with Gasteiger partial charge in [0.25, 0.3) is 5.91 Å². The molecule has 2 rings (SSSR count). The summed E-state index contributed by atoms with van der Waals surface area (Å²) >= 11 is 6.05. The van der Waals surface area contributed by atoms with Gasteiger partial charge in [-0.05, 0) is 23.8 Å². The summed E-state index contributed by atoms with van der Waals surface area (Å²) in [5, 5.41) is 3.69. The smallest absolute Gasteiger partial charge is 0.267 e. The topological polar surface area (TPSA) is 94.0 Å². The van der Waals surface area contributed by atoms with Crippen molar-refractivity contribution in [2.45, 2.75) is 6.54 Å². The van der Waals surface area contributed by atoms with Crippen molar-refractivity contribution < 1.29 is 4.79 Å². The lowest BCUT2D eigenvalue weighted by Crippen LogP contribution is -2.15. The number of nitrogen functional groups attached to an aromatic ring is 1. The predicted molar refractivity (Wildman–Crippen MR) is 75.9 cm³/mol. The molecule has 2 aromatic rings. The third-order valence-corrected chi connectivity index (χ3v) is 2.95. The summed E-state index contributed by atoms with van der Waals surface area (Å²) in [7, 11) is 0. The molecule has 0 aliphatic rings. The number of nitrogens with zero attached hydrogens (tertiary/aromatic N) is 1. The SMILES string of the molecule is NC(=O)c1ccc(N)c(NCc2ccccc2Cl)n1. The summed E-state index contributed by atoms with van der Waals surface area (Å²) in [6.07, 6.45) is 0. The van der Waals surface area contributed by atoms with Crippen molar-refractivity contribution in [2.75, 3.05) is 11.1 Å². The maximum absolute atomic E-state index is 11.1. The predicted octanol–water partition coefficient (Wildman–Crippen LogP) is 2.03. The summed E-state index contributed by atoms with van der Waals surface area (Å²) in [6, 6.07) is 10.5. The Morgan fingerprint density at radius 2 is 2.00 bits per heavy atom. The molecule has 1 aromatic heterocycles. The molecule has 0 unspecified atom stereocenters. The number of pyridine rings is 1. The van der Waals surface area contributed by atoms with Crippen molar-refractivity contribution in [1.82, 2.24) is 4.98 Å². The van der Waals surface area contributed by atoms with Gasteiger partial charge in [-0.2, -0.15) is 0 Å². The number of hydrogen-bond donors (Lipinski definition) is 3. The van der Waals surface area contributed by atoms with Crippen LogP contribution in [-0.2, 0) is 6.54 Å². The van der Waals surface area contributed by atoms with Crippen LogP contribution in [0.1, 0.15) is 16.1 Å². The number of halogens is 1. The van der Waals surface area contributed by atoms with E-state index in [-0.39, 0.29) is 5.69 Å². The number of carbonyl (C=O) groups is 1. The summed E-state index contributed by atoms with van der Waals surface area (Å²) in [5.74, 6) is -0.183. The molecule has 0 aliphatic carbocycles. The molecular formula is C13H13ClN4O. The normalized spacial score (nSPS) is 10.2. The second kappa shape index (κ2) is 5.58. The molecular weight excluding hydrogens is 264 g/mol. The van der Waals surface area contributed by atoms with Crippen LogP contribution >= 0.6 is 11.6 Å². The van der Waals surface area contributed by atoms with Crippen LogP contribution in [-0.4, -0.2) is 10.9 Å². The number of nitrogens with one attached hydrogen (secondary N) is 1. The first kappa shape index (κ1) is 13.2. The van der Waals surface area contributed by atoms with E-state index in [1.54, 1.807) is 12.1 Å². The van der Waals surface area contributed by atoms with Gasteiger partial charge in [0, 0.05) is 11.6 Å². The number of carbonyl (C=O) groups excluding carboxylic acids is 1. The minimum absolute atomic E-state index is 0.163. The Hall–Kier alpha value is -2.27. The van der Waals surface area contributed by atoms with Crippen LogP contribution in [0.15, 0.2) is 36.4 Å². The molecule has 0 saturated heterocycles. The monoisotopic (exact) mass is 276 g/mol. The van der Waals surface area contributed by atoms with Crippen LogP contribution in [0.2, 0.25) is 5.02 Å². The fourth-order valence-corrected chi connectivity index (χ4v) is 1.77. The Labute approximate surface area is 115 Å². The molecule has 5 nitrogen and oxygen atoms in total. The van der Waals surface area contributed by atoms with Gasteiger partial charge in [-0.25, -0.2) is 4.98 Å². The summed E-state index contributed by atoms with van der Waals surface area (Å²) in [5.41, 5.74) is 12.5. The van der Waals surface area contributed by atoms with E-state index >= 15 is 0 Å². The number of rotatable bonds is 4. The van der Waals surface area contributed by atoms with E-state index < -0.39 is 5.91 Å². The highest BCUT2D eigenvalue weighted by Gasteiger charge is 2.07. The minimum atomic E-state index is -0.596. The van der Waals surface area contributed by atoms with Crippen LogP contribution in [0.3, 0.4) is 0 Å². The van der Waals surface area contributed by atoms with E-state index in [1.165, 1.54) is 6.07 Å². The van der Waals surface area contributed by atoms with Crippen LogP contribution in [0, 0.1) is 0 Å². The van der Waals surface area contributed by atoms with E-state index in [9.17, 15) is 4.79 Å². The lowest BCUT2D eigenvalue weighted by atomic mass is 10.2. The number of primary amides is 1. The Morgan fingerprint density at radius 1 is 1.26 bits per heavy atom. The minimum Gasteiger partial charge on any atom is -0.396 e. The molecule has 98 valence electrons. The molecule has 6 heteroatoms. The van der Waals surface area contributed by atoms with Crippen molar-refractivity contribution in [1.29, 1.82) is 0 Å². The Kier molecular flexibility index (Phi) is 3.87. The molecule has 0 radical (unpaired) electrons. The zero-order valence-corrected chi connectivity index (χ0v) is 10.8. The molecule has 0 bridgehead atoms. The maximum Gasteiger partial charge on any atom is 0.267 e. The van der Waals surface area contributed by atoms with Crippen LogP contribution in [0.25, 0.3) is 0 Å². The number of nitrogens with two attached hydrogens (primary N) is 2. The van der Waals surface area contributed by atoms with Gasteiger partial charge in [-0.15, -0.1) is 0 Å². The Bertz CT molecular complexity index is 615. The molecule has 0 aliphatic heterocycles. The van der Waals surface area contributed by atoms with Gasteiger partial charge in [0.05, 0.1) is 5.69 Å². The number of benzene rings is 1. The Balaban J connectivity index is 2.17. The molecule has 19 heavy (non-hydrogen) atoms. The van der Waals surface area contributed by atoms with Crippen molar-refractivity contribution in [3.05, 3.63) is 52.7 Å². The number of amides is 1. The molecule has 1 aromatic carbocycles. The first-order valence-corrected chi connectivity index (χ1v) is 5.99. The lowest BCUT2D eigenvalue weighted by Gasteiger charge is -2.10. The second-order valence-electron chi connectivity index (χ2n) is 3.94. The van der Waals surface area contributed by atoms with E-state index in [4.69, 9.17) is 23.1 Å². The number of hydrogen-bond acceptors (Lipinski definition) is 4. The van der Waals surface area contributed by atoms with Crippen molar-refractivity contribution in [3.8, 4) is 0 Å². The van der Waals surface area contributed by atoms with Gasteiger partial charge >= 0.3 is 0 Å². The van der Waals surface area contributed by atoms with Crippen LogP contribution in [0.4, 0.5) is 11.5 Å². The van der Waals surface area contributed by atoms with Crippen molar-refractivity contribution in [3.63, 3.8) is 0 Å². The number of aromatic nitrogens is 1. The largest absolute Gasteiger partial charge is 0.396 e. The third kappa shape index (κ3) is 3.14. The highest BCUT2D eigenvalue weighted by atomic mass is 35.5. The zero-order valence-electron chi connectivity index (χ0n) is 10.1. The molecule has 0 atom stereocenters. The second-order valence-corrected chi connectivity index (χ2v) is 4.35. The molecule has 0 saturated carbocycles. The van der Waals surface area contributed by atoms with Gasteiger partial charge in [0.1, 0.15) is 11.5 Å². The maximum atomic E-state index is 11.1. The van der Waals surface area contributed by atoms with Gasteiger partial charge in [-0.1, -0.05) is 29.8 Å². The van der Waals surface area contributed by atoms with E-state index in [0.717, 1.165) is 5.56 Å². The van der Waals surface area contributed by atoms with Gasteiger partial charge in [-0.3, -0.25) is 4.79 Å². The lowest BCUT2D eigenvalue weighted by molar-refractivity contribution is 0.0996. The standard InChI is InChI=1S/C13H13ClN4O/c14-9-4-2-1-3-8(9)7-17-13-10(15)5-6-11(18-13)12(16)19/h1-6H,7,15H2,(H2,16,19)(H,17,18). The average molecular weight is 277 g/mol. The van der Waals surface area contributed by atoms with E-state index in [1.807, 2.05) is 18.2 Å². The summed E-state index contributed by atoms with van der Waals surface area (Å²) in [4.78, 5) is 15.1. The molecule has 5 N–H and O–H groups in total. The van der Waals surface area contributed by atoms with Gasteiger partial charge in [0.15, 0.2) is 0 Å². The average Bonchev–Trinajstić information content (AvgIpc) is 2.39. The molecule has 1 heterocycles. The van der Waals surface area contributed by atoms with Crippen LogP contribution in [0.5, 0.6) is 0 Å². The zero-order chi connectivity index (χ0) is 13.8. The fourth-order valence-electron chi connectivity index (χ4n) is 1.57. The fraction of sp³-hybridized carbons (Fsp3) is 0.0769. The Morgan fingerprint density at radius 3 is 2.68 bits per heavy atom. The van der Waals surface area contributed by atoms with Crippen molar-refractivity contribution >= 4 is 29.0 Å². The van der Waals surface area contributed by atoms with Crippen LogP contribution < -0.4 is 16.8 Å². The van der Waals surface area contributed by atoms with E-state index in [2.05, 4.69) is 10.3 Å². The quantitative estimate of drug-likeness (QED) is 0.796.